The highest BCUT2D eigenvalue weighted by Gasteiger charge is 2.20. The number of guanidine groups is 1. The molecule has 6 nitrogen and oxygen atoms in total. The minimum atomic E-state index is -2.95. The fraction of sp³-hybridized carbons (Fsp3) is 0.632. The fourth-order valence-electron chi connectivity index (χ4n) is 2.38. The highest BCUT2D eigenvalue weighted by molar-refractivity contribution is 14.0. The molecule has 0 atom stereocenters. The quantitative estimate of drug-likeness (QED) is 0.313. The van der Waals surface area contributed by atoms with E-state index < -0.39 is 9.84 Å². The lowest BCUT2D eigenvalue weighted by Gasteiger charge is -2.26. The Morgan fingerprint density at radius 1 is 1.26 bits per heavy atom. The molecule has 0 heterocycles. The molecule has 8 heteroatoms. The van der Waals surface area contributed by atoms with Crippen molar-refractivity contribution >= 4 is 39.8 Å². The molecule has 0 amide bonds. The minimum absolute atomic E-state index is 0. The van der Waals surface area contributed by atoms with Crippen molar-refractivity contribution < 1.29 is 13.2 Å². The van der Waals surface area contributed by atoms with Gasteiger partial charge in [-0.3, -0.25) is 4.99 Å². The maximum atomic E-state index is 11.4. The first kappa shape index (κ1) is 26.0. The summed E-state index contributed by atoms with van der Waals surface area (Å²) in [7, 11) is 0.697. The maximum Gasteiger partial charge on any atom is 0.193 e. The molecule has 0 aliphatic carbocycles. The summed E-state index contributed by atoms with van der Waals surface area (Å²) in [5.41, 5.74) is 0.986. The third-order valence-electron chi connectivity index (χ3n) is 4.08. The van der Waals surface area contributed by atoms with Gasteiger partial charge in [0.15, 0.2) is 5.96 Å². The van der Waals surface area contributed by atoms with E-state index in [0.29, 0.717) is 13.0 Å². The lowest BCUT2D eigenvalue weighted by atomic mass is 9.90. The molecular weight excluding hydrogens is 477 g/mol. The Morgan fingerprint density at radius 3 is 2.33 bits per heavy atom. The molecule has 1 rings (SSSR count). The number of hydrogen-bond acceptors (Lipinski definition) is 4. The van der Waals surface area contributed by atoms with Crippen LogP contribution in [0.25, 0.3) is 0 Å². The SMILES string of the molecule is CCNC(=NCC(C)(C)CCS(C)(=O)=O)N(C)Cc1ccc(OC)cc1.I. The van der Waals surface area contributed by atoms with Gasteiger partial charge in [-0.15, -0.1) is 24.0 Å². The van der Waals surface area contributed by atoms with Crippen LogP contribution in [0.5, 0.6) is 5.75 Å². The third kappa shape index (κ3) is 10.8. The van der Waals surface area contributed by atoms with Crippen molar-refractivity contribution in [2.24, 2.45) is 10.4 Å². The predicted molar refractivity (Wildman–Crippen MR) is 124 cm³/mol. The van der Waals surface area contributed by atoms with Crippen LogP contribution in [0.4, 0.5) is 0 Å². The Morgan fingerprint density at radius 2 is 1.85 bits per heavy atom. The smallest absolute Gasteiger partial charge is 0.193 e. The van der Waals surface area contributed by atoms with Crippen LogP contribution in [0.3, 0.4) is 0 Å². The number of nitrogens with zero attached hydrogens (tertiary/aromatic N) is 2. The van der Waals surface area contributed by atoms with Crippen LogP contribution in [0.2, 0.25) is 0 Å². The summed E-state index contributed by atoms with van der Waals surface area (Å²) in [4.78, 5) is 6.79. The third-order valence-corrected chi connectivity index (χ3v) is 5.03. The summed E-state index contributed by atoms with van der Waals surface area (Å²) in [6.07, 6.45) is 1.87. The van der Waals surface area contributed by atoms with Gasteiger partial charge in [0.25, 0.3) is 0 Å². The van der Waals surface area contributed by atoms with Crippen molar-refractivity contribution in [1.29, 1.82) is 0 Å². The second kappa shape index (κ2) is 11.7. The van der Waals surface area contributed by atoms with E-state index in [1.54, 1.807) is 7.11 Å². The standard InChI is InChI=1S/C19H33N3O3S.HI/c1-7-20-18(21-15-19(2,3)12-13-26(6,23)24)22(4)14-16-8-10-17(25-5)11-9-16;/h8-11H,7,12-15H2,1-6H3,(H,20,21);1H. The number of benzene rings is 1. The molecule has 0 fully saturated rings. The summed E-state index contributed by atoms with van der Waals surface area (Å²) in [6.45, 7) is 8.20. The van der Waals surface area contributed by atoms with E-state index in [2.05, 4.69) is 24.1 Å². The Kier molecular flexibility index (Phi) is 11.3. The van der Waals surface area contributed by atoms with Crippen molar-refractivity contribution in [3.8, 4) is 5.75 Å². The van der Waals surface area contributed by atoms with Crippen LogP contribution in [0.15, 0.2) is 29.3 Å². The molecule has 156 valence electrons. The van der Waals surface area contributed by atoms with Gasteiger partial charge in [0, 0.05) is 32.9 Å². The molecule has 1 aromatic rings. The van der Waals surface area contributed by atoms with Crippen LogP contribution in [-0.2, 0) is 16.4 Å². The fourth-order valence-corrected chi connectivity index (χ4v) is 3.30. The topological polar surface area (TPSA) is 71.0 Å². The number of ether oxygens (including phenoxy) is 1. The molecule has 0 saturated carbocycles. The zero-order valence-electron chi connectivity index (χ0n) is 17.3. The average Bonchev–Trinajstić information content (AvgIpc) is 2.57. The summed E-state index contributed by atoms with van der Waals surface area (Å²) >= 11 is 0. The number of sulfone groups is 1. The Labute approximate surface area is 181 Å². The van der Waals surface area contributed by atoms with Gasteiger partial charge in [0.2, 0.25) is 0 Å². The van der Waals surface area contributed by atoms with Crippen LogP contribution in [0, 0.1) is 5.41 Å². The van der Waals surface area contributed by atoms with Gasteiger partial charge in [-0.05, 0) is 36.5 Å². The molecule has 1 aromatic carbocycles. The summed E-state index contributed by atoms with van der Waals surface area (Å²) in [6, 6.07) is 7.97. The number of rotatable bonds is 9. The zero-order chi connectivity index (χ0) is 19.8. The van der Waals surface area contributed by atoms with Gasteiger partial charge in [-0.1, -0.05) is 26.0 Å². The number of aliphatic imine (C=N–C) groups is 1. The van der Waals surface area contributed by atoms with Crippen molar-refractivity contribution in [3.05, 3.63) is 29.8 Å². The summed E-state index contributed by atoms with van der Waals surface area (Å²) in [5, 5.41) is 3.30. The number of methoxy groups -OCH3 is 1. The van der Waals surface area contributed by atoms with E-state index in [0.717, 1.165) is 30.4 Å². The van der Waals surface area contributed by atoms with E-state index in [9.17, 15) is 8.42 Å². The first-order chi connectivity index (χ1) is 12.1. The van der Waals surface area contributed by atoms with Gasteiger partial charge < -0.3 is 15.0 Å². The molecule has 0 aromatic heterocycles. The molecule has 0 saturated heterocycles. The number of halogens is 1. The predicted octanol–water partition coefficient (Wildman–Crippen LogP) is 3.17. The molecule has 27 heavy (non-hydrogen) atoms. The number of hydrogen-bond donors (Lipinski definition) is 1. The van der Waals surface area contributed by atoms with E-state index in [4.69, 9.17) is 9.73 Å². The second-order valence-corrected chi connectivity index (χ2v) is 9.68. The van der Waals surface area contributed by atoms with E-state index in [-0.39, 0.29) is 35.1 Å². The van der Waals surface area contributed by atoms with Gasteiger partial charge in [0.1, 0.15) is 15.6 Å². The minimum Gasteiger partial charge on any atom is -0.497 e. The zero-order valence-corrected chi connectivity index (χ0v) is 20.4. The lowest BCUT2D eigenvalue weighted by Crippen LogP contribution is -2.39. The summed E-state index contributed by atoms with van der Waals surface area (Å²) in [5.74, 6) is 1.84. The van der Waals surface area contributed by atoms with Gasteiger partial charge in [0.05, 0.1) is 12.9 Å². The molecule has 0 radical (unpaired) electrons. The van der Waals surface area contributed by atoms with Crippen LogP contribution >= 0.6 is 24.0 Å². The van der Waals surface area contributed by atoms with Crippen LogP contribution in [0.1, 0.15) is 32.8 Å². The first-order valence-electron chi connectivity index (χ1n) is 8.86. The van der Waals surface area contributed by atoms with Crippen molar-refractivity contribution in [3.63, 3.8) is 0 Å². The molecule has 0 unspecified atom stereocenters. The van der Waals surface area contributed by atoms with Gasteiger partial charge in [-0.2, -0.15) is 0 Å². The maximum absolute atomic E-state index is 11.4. The second-order valence-electron chi connectivity index (χ2n) is 7.42. The van der Waals surface area contributed by atoms with E-state index in [1.807, 2.05) is 38.2 Å². The van der Waals surface area contributed by atoms with Gasteiger partial charge in [-0.25, -0.2) is 8.42 Å². The van der Waals surface area contributed by atoms with Crippen molar-refractivity contribution in [2.45, 2.75) is 33.7 Å². The Hall–Kier alpha value is -1.03. The highest BCUT2D eigenvalue weighted by Crippen LogP contribution is 2.21. The first-order valence-corrected chi connectivity index (χ1v) is 10.9. The van der Waals surface area contributed by atoms with Crippen molar-refractivity contribution in [1.82, 2.24) is 10.2 Å². The Bertz CT molecular complexity index is 689. The number of nitrogens with one attached hydrogen (secondary N) is 1. The van der Waals surface area contributed by atoms with E-state index >= 15 is 0 Å². The Balaban J connectivity index is 0.00000676. The van der Waals surface area contributed by atoms with Crippen molar-refractivity contribution in [2.75, 3.05) is 39.3 Å². The van der Waals surface area contributed by atoms with Crippen LogP contribution < -0.4 is 10.1 Å². The molecular formula is C19H34IN3O3S. The molecule has 0 bridgehead atoms. The average molecular weight is 511 g/mol. The lowest BCUT2D eigenvalue weighted by molar-refractivity contribution is 0.361. The molecule has 0 aliphatic heterocycles. The molecule has 1 N–H and O–H groups in total. The normalized spacial score (nSPS) is 12.3. The van der Waals surface area contributed by atoms with Crippen LogP contribution in [-0.4, -0.2) is 58.5 Å². The van der Waals surface area contributed by atoms with Gasteiger partial charge >= 0.3 is 0 Å². The monoisotopic (exact) mass is 511 g/mol. The molecule has 0 spiro atoms. The van der Waals surface area contributed by atoms with E-state index in [1.165, 1.54) is 6.26 Å². The highest BCUT2D eigenvalue weighted by atomic mass is 127. The largest absolute Gasteiger partial charge is 0.497 e. The summed E-state index contributed by atoms with van der Waals surface area (Å²) < 4.78 is 28.0. The molecule has 0 aliphatic rings.